The van der Waals surface area contributed by atoms with E-state index in [1.165, 1.54) is 36.9 Å². The van der Waals surface area contributed by atoms with Crippen LogP contribution in [-0.4, -0.2) is 28.7 Å². The number of benzene rings is 2. The van der Waals surface area contributed by atoms with Crippen LogP contribution >= 0.6 is 11.8 Å². The second-order valence-electron chi connectivity index (χ2n) is 6.18. The van der Waals surface area contributed by atoms with Gasteiger partial charge in [-0.25, -0.2) is 9.37 Å². The van der Waals surface area contributed by atoms with Gasteiger partial charge in [0.15, 0.2) is 6.10 Å². The summed E-state index contributed by atoms with van der Waals surface area (Å²) in [6.45, 7) is 3.43. The van der Waals surface area contributed by atoms with Gasteiger partial charge in [0, 0.05) is 5.39 Å². The third-order valence-corrected chi connectivity index (χ3v) is 4.93. The molecular weight excluding hydrogens is 379 g/mol. The van der Waals surface area contributed by atoms with Crippen LogP contribution in [0.5, 0.6) is 0 Å². The number of ether oxygens (including phenoxy) is 1. The zero-order chi connectivity index (χ0) is 20.1. The van der Waals surface area contributed by atoms with Crippen LogP contribution < -0.4 is 5.32 Å². The minimum atomic E-state index is -1.04. The lowest BCUT2D eigenvalue weighted by Crippen LogP contribution is -2.30. The number of halogens is 1. The van der Waals surface area contributed by atoms with Crippen molar-refractivity contribution in [2.45, 2.75) is 25.0 Å². The van der Waals surface area contributed by atoms with Gasteiger partial charge < -0.3 is 10.1 Å². The molecule has 3 aromatic rings. The molecule has 1 unspecified atom stereocenters. The molecule has 0 aliphatic rings. The number of aromatic nitrogens is 1. The molecule has 0 bridgehead atoms. The van der Waals surface area contributed by atoms with E-state index in [1.54, 1.807) is 6.07 Å². The number of aryl methyl sites for hydroxylation is 1. The number of nitrogens with one attached hydrogen (secondary N) is 1. The van der Waals surface area contributed by atoms with E-state index in [1.807, 2.05) is 37.3 Å². The Kier molecular flexibility index (Phi) is 6.26. The first kappa shape index (κ1) is 19.8. The van der Waals surface area contributed by atoms with Gasteiger partial charge in [-0.05, 0) is 43.7 Å². The highest BCUT2D eigenvalue weighted by atomic mass is 32.2. The Hall–Kier alpha value is -2.93. The molecular formula is C21H19FN2O3S. The lowest BCUT2D eigenvalue weighted by molar-refractivity contribution is -0.150. The van der Waals surface area contributed by atoms with Gasteiger partial charge in [-0.15, -0.1) is 0 Å². The third-order valence-electron chi connectivity index (χ3n) is 4.05. The van der Waals surface area contributed by atoms with Crippen LogP contribution in [0.4, 0.5) is 10.1 Å². The standard InChI is InChI=1S/C21H19FN2O3S/c1-13-11-19(23-17-9-5-3-7-15(13)17)28-12-20(25)27-14(2)21(26)24-18-10-6-4-8-16(18)22/h3-11,14H,12H2,1-2H3,(H,24,26). The van der Waals surface area contributed by atoms with Crippen LogP contribution in [0.1, 0.15) is 12.5 Å². The summed E-state index contributed by atoms with van der Waals surface area (Å²) < 4.78 is 18.7. The van der Waals surface area contributed by atoms with E-state index in [4.69, 9.17) is 4.74 Å². The van der Waals surface area contributed by atoms with Gasteiger partial charge in [-0.3, -0.25) is 9.59 Å². The normalized spacial score (nSPS) is 11.8. The maximum absolute atomic E-state index is 13.6. The van der Waals surface area contributed by atoms with E-state index in [9.17, 15) is 14.0 Å². The summed E-state index contributed by atoms with van der Waals surface area (Å²) in [5.74, 6) is -1.68. The van der Waals surface area contributed by atoms with E-state index >= 15 is 0 Å². The summed E-state index contributed by atoms with van der Waals surface area (Å²) in [6, 6.07) is 15.5. The predicted molar refractivity (Wildman–Crippen MR) is 108 cm³/mol. The largest absolute Gasteiger partial charge is 0.452 e. The van der Waals surface area contributed by atoms with Crippen LogP contribution in [0.25, 0.3) is 10.9 Å². The maximum Gasteiger partial charge on any atom is 0.317 e. The fraction of sp³-hybridized carbons (Fsp3) is 0.190. The highest BCUT2D eigenvalue weighted by molar-refractivity contribution is 7.99. The monoisotopic (exact) mass is 398 g/mol. The molecule has 2 aromatic carbocycles. The van der Waals surface area contributed by atoms with Crippen LogP contribution in [0.3, 0.4) is 0 Å². The molecule has 28 heavy (non-hydrogen) atoms. The SMILES string of the molecule is Cc1cc(SCC(=O)OC(C)C(=O)Nc2ccccc2F)nc2ccccc12. The topological polar surface area (TPSA) is 68.3 Å². The maximum atomic E-state index is 13.6. The first-order valence-corrected chi connectivity index (χ1v) is 9.66. The second kappa shape index (κ2) is 8.84. The number of hydrogen-bond acceptors (Lipinski definition) is 5. The fourth-order valence-electron chi connectivity index (χ4n) is 2.61. The summed E-state index contributed by atoms with van der Waals surface area (Å²) in [5, 5.41) is 4.17. The summed E-state index contributed by atoms with van der Waals surface area (Å²) in [7, 11) is 0. The Morgan fingerprint density at radius 3 is 2.68 bits per heavy atom. The predicted octanol–water partition coefficient (Wildman–Crippen LogP) is 4.34. The molecule has 1 N–H and O–H groups in total. The van der Waals surface area contributed by atoms with Gasteiger partial charge in [-0.2, -0.15) is 0 Å². The molecule has 0 saturated carbocycles. The van der Waals surface area contributed by atoms with Crippen molar-refractivity contribution in [3.8, 4) is 0 Å². The molecule has 0 spiro atoms. The number of pyridine rings is 1. The minimum absolute atomic E-state index is 0.0160. The number of nitrogens with zero attached hydrogens (tertiary/aromatic N) is 1. The molecule has 144 valence electrons. The summed E-state index contributed by atoms with van der Waals surface area (Å²) in [5.41, 5.74) is 1.97. The average Bonchev–Trinajstić information content (AvgIpc) is 2.68. The van der Waals surface area contributed by atoms with E-state index < -0.39 is 23.8 Å². The van der Waals surface area contributed by atoms with Crippen molar-refractivity contribution in [3.63, 3.8) is 0 Å². The van der Waals surface area contributed by atoms with E-state index in [-0.39, 0.29) is 11.4 Å². The molecule has 1 atom stereocenters. The Bertz CT molecular complexity index is 1030. The molecule has 5 nitrogen and oxygen atoms in total. The van der Waals surface area contributed by atoms with Gasteiger partial charge in [0.1, 0.15) is 5.82 Å². The Morgan fingerprint density at radius 1 is 1.18 bits per heavy atom. The lowest BCUT2D eigenvalue weighted by Gasteiger charge is -2.14. The van der Waals surface area contributed by atoms with Crippen molar-refractivity contribution in [3.05, 3.63) is 66.0 Å². The van der Waals surface area contributed by atoms with Crippen LogP contribution in [-0.2, 0) is 14.3 Å². The third kappa shape index (κ3) is 4.86. The number of esters is 1. The quantitative estimate of drug-likeness (QED) is 0.494. The molecule has 1 aromatic heterocycles. The van der Waals surface area contributed by atoms with Gasteiger partial charge in [0.05, 0.1) is 22.0 Å². The Balaban J connectivity index is 1.55. The zero-order valence-electron chi connectivity index (χ0n) is 15.4. The summed E-state index contributed by atoms with van der Waals surface area (Å²) in [6.07, 6.45) is -1.04. The Labute approximate surface area is 166 Å². The smallest absolute Gasteiger partial charge is 0.317 e. The number of carbonyl (C=O) groups is 2. The Morgan fingerprint density at radius 2 is 1.89 bits per heavy atom. The van der Waals surface area contributed by atoms with E-state index in [0.717, 1.165) is 16.5 Å². The van der Waals surface area contributed by atoms with Crippen molar-refractivity contribution < 1.29 is 18.7 Å². The lowest BCUT2D eigenvalue weighted by atomic mass is 10.1. The van der Waals surface area contributed by atoms with Crippen molar-refractivity contribution in [2.24, 2.45) is 0 Å². The minimum Gasteiger partial charge on any atom is -0.452 e. The molecule has 0 aliphatic carbocycles. The van der Waals surface area contributed by atoms with Gasteiger partial charge in [-0.1, -0.05) is 42.1 Å². The highest BCUT2D eigenvalue weighted by Gasteiger charge is 2.19. The van der Waals surface area contributed by atoms with Crippen molar-refractivity contribution in [1.82, 2.24) is 4.98 Å². The van der Waals surface area contributed by atoms with Crippen molar-refractivity contribution in [1.29, 1.82) is 0 Å². The molecule has 7 heteroatoms. The van der Waals surface area contributed by atoms with E-state index in [0.29, 0.717) is 5.03 Å². The number of amides is 1. The first-order valence-electron chi connectivity index (χ1n) is 8.68. The van der Waals surface area contributed by atoms with Crippen LogP contribution in [0, 0.1) is 12.7 Å². The number of hydrogen-bond donors (Lipinski definition) is 1. The molecule has 0 aliphatic heterocycles. The second-order valence-corrected chi connectivity index (χ2v) is 7.18. The molecule has 3 rings (SSSR count). The number of anilines is 1. The molecule has 0 saturated heterocycles. The fourth-order valence-corrected chi connectivity index (χ4v) is 3.36. The first-order chi connectivity index (χ1) is 13.4. The van der Waals surface area contributed by atoms with Gasteiger partial charge in [0.2, 0.25) is 0 Å². The zero-order valence-corrected chi connectivity index (χ0v) is 16.3. The number of thioether (sulfide) groups is 1. The van der Waals surface area contributed by atoms with Crippen LogP contribution in [0.15, 0.2) is 59.6 Å². The summed E-state index contributed by atoms with van der Waals surface area (Å²) >= 11 is 1.24. The molecule has 0 fully saturated rings. The molecule has 1 heterocycles. The average molecular weight is 398 g/mol. The number of fused-ring (bicyclic) bond motifs is 1. The number of carbonyl (C=O) groups excluding carboxylic acids is 2. The van der Waals surface area contributed by atoms with Crippen molar-refractivity contribution >= 4 is 40.2 Å². The highest BCUT2D eigenvalue weighted by Crippen LogP contribution is 2.23. The number of rotatable bonds is 6. The van der Waals surface area contributed by atoms with Gasteiger partial charge >= 0.3 is 5.97 Å². The van der Waals surface area contributed by atoms with Crippen LogP contribution in [0.2, 0.25) is 0 Å². The van der Waals surface area contributed by atoms with Crippen molar-refractivity contribution in [2.75, 3.05) is 11.1 Å². The van der Waals surface area contributed by atoms with E-state index in [2.05, 4.69) is 10.3 Å². The summed E-state index contributed by atoms with van der Waals surface area (Å²) in [4.78, 5) is 28.7. The number of para-hydroxylation sites is 2. The molecule has 1 amide bonds. The van der Waals surface area contributed by atoms with Gasteiger partial charge in [0.25, 0.3) is 5.91 Å². The molecule has 0 radical (unpaired) electrons.